The Hall–Kier alpha value is -1.68. The number of amides is 2. The van der Waals surface area contributed by atoms with Gasteiger partial charge in [-0.05, 0) is 25.0 Å². The van der Waals surface area contributed by atoms with E-state index in [0.29, 0.717) is 11.1 Å². The maximum atomic E-state index is 12.2. The Morgan fingerprint density at radius 3 is 2.06 bits per heavy atom. The van der Waals surface area contributed by atoms with Gasteiger partial charge in [-0.2, -0.15) is 0 Å². The van der Waals surface area contributed by atoms with Crippen molar-refractivity contribution >= 4 is 11.8 Å². The summed E-state index contributed by atoms with van der Waals surface area (Å²) in [7, 11) is 0. The van der Waals surface area contributed by atoms with Gasteiger partial charge in [0.25, 0.3) is 11.8 Å². The van der Waals surface area contributed by atoms with Crippen molar-refractivity contribution < 1.29 is 9.59 Å². The van der Waals surface area contributed by atoms with Gasteiger partial charge in [0.2, 0.25) is 0 Å². The number of rotatable bonds is 1. The predicted octanol–water partition coefficient (Wildman–Crippen LogP) is 1.05. The predicted molar refractivity (Wildman–Crippen MR) is 61.8 cm³/mol. The number of carbonyl (C=O) groups excluding carboxylic acids is 2. The van der Waals surface area contributed by atoms with E-state index in [1.807, 2.05) is 0 Å². The van der Waals surface area contributed by atoms with Crippen molar-refractivity contribution in [2.45, 2.75) is 18.9 Å². The number of piperidine rings is 1. The quantitative estimate of drug-likeness (QED) is 0.676. The van der Waals surface area contributed by atoms with E-state index in [-0.39, 0.29) is 17.9 Å². The molecule has 0 spiro atoms. The lowest BCUT2D eigenvalue weighted by atomic mass is 10.1. The molecule has 0 N–H and O–H groups in total. The molecule has 87 valence electrons. The molecular weight excluding hydrogens is 216 g/mol. The fourth-order valence-corrected chi connectivity index (χ4v) is 2.53. The molecule has 2 heterocycles. The summed E-state index contributed by atoms with van der Waals surface area (Å²) in [5, 5.41) is 4.25. The fourth-order valence-electron chi connectivity index (χ4n) is 2.53. The molecule has 0 atom stereocenters. The Kier molecular flexibility index (Phi) is 2.44. The van der Waals surface area contributed by atoms with E-state index in [1.54, 1.807) is 24.3 Å². The van der Waals surface area contributed by atoms with Crippen LogP contribution in [-0.4, -0.2) is 35.8 Å². The number of imide groups is 1. The average Bonchev–Trinajstić information content (AvgIpc) is 2.64. The van der Waals surface area contributed by atoms with Crippen molar-refractivity contribution in [1.82, 2.24) is 10.2 Å². The highest BCUT2D eigenvalue weighted by Gasteiger charge is 2.39. The SMILES string of the molecule is O=C1c2ccccc2C(=O)N1C1CC[N]CC1. The zero-order chi connectivity index (χ0) is 11.8. The van der Waals surface area contributed by atoms with Gasteiger partial charge in [0, 0.05) is 19.1 Å². The first-order chi connectivity index (χ1) is 8.29. The first-order valence-electron chi connectivity index (χ1n) is 5.89. The van der Waals surface area contributed by atoms with E-state index in [1.165, 1.54) is 4.90 Å². The lowest BCUT2D eigenvalue weighted by Gasteiger charge is -2.29. The molecule has 0 aliphatic carbocycles. The Balaban J connectivity index is 1.94. The number of fused-ring (bicyclic) bond motifs is 1. The maximum Gasteiger partial charge on any atom is 0.261 e. The summed E-state index contributed by atoms with van der Waals surface area (Å²) in [6, 6.07) is 7.07. The second-order valence-corrected chi connectivity index (χ2v) is 4.43. The summed E-state index contributed by atoms with van der Waals surface area (Å²) < 4.78 is 0. The van der Waals surface area contributed by atoms with Crippen LogP contribution >= 0.6 is 0 Å². The van der Waals surface area contributed by atoms with Gasteiger partial charge in [-0.1, -0.05) is 12.1 Å². The largest absolute Gasteiger partial charge is 0.271 e. The Bertz CT molecular complexity index is 443. The lowest BCUT2D eigenvalue weighted by Crippen LogP contribution is -2.44. The monoisotopic (exact) mass is 229 g/mol. The van der Waals surface area contributed by atoms with Crippen LogP contribution in [-0.2, 0) is 0 Å². The van der Waals surface area contributed by atoms with Crippen molar-refractivity contribution in [2.75, 3.05) is 13.1 Å². The van der Waals surface area contributed by atoms with Crippen LogP contribution in [0, 0.1) is 0 Å². The summed E-state index contributed by atoms with van der Waals surface area (Å²) >= 11 is 0. The van der Waals surface area contributed by atoms with E-state index in [4.69, 9.17) is 0 Å². The molecule has 1 aromatic rings. The Labute approximate surface area is 99.6 Å². The first kappa shape index (κ1) is 10.5. The van der Waals surface area contributed by atoms with Crippen LogP contribution in [0.25, 0.3) is 0 Å². The van der Waals surface area contributed by atoms with Crippen LogP contribution < -0.4 is 5.32 Å². The highest BCUT2D eigenvalue weighted by molar-refractivity contribution is 6.21. The molecule has 0 bridgehead atoms. The van der Waals surface area contributed by atoms with Crippen LogP contribution in [0.3, 0.4) is 0 Å². The van der Waals surface area contributed by atoms with Crippen molar-refractivity contribution in [3.05, 3.63) is 35.4 Å². The van der Waals surface area contributed by atoms with Gasteiger partial charge in [0.05, 0.1) is 11.1 Å². The molecule has 4 nitrogen and oxygen atoms in total. The van der Waals surface area contributed by atoms with Crippen LogP contribution in [0.4, 0.5) is 0 Å². The maximum absolute atomic E-state index is 12.2. The van der Waals surface area contributed by atoms with Crippen LogP contribution in [0.15, 0.2) is 24.3 Å². The van der Waals surface area contributed by atoms with Crippen molar-refractivity contribution in [1.29, 1.82) is 0 Å². The van der Waals surface area contributed by atoms with Gasteiger partial charge in [0.15, 0.2) is 0 Å². The molecule has 1 saturated heterocycles. The molecule has 1 fully saturated rings. The van der Waals surface area contributed by atoms with Gasteiger partial charge in [-0.25, -0.2) is 5.32 Å². The summed E-state index contributed by atoms with van der Waals surface area (Å²) in [5.74, 6) is -0.282. The summed E-state index contributed by atoms with van der Waals surface area (Å²) in [5.41, 5.74) is 1.08. The molecule has 17 heavy (non-hydrogen) atoms. The third-order valence-electron chi connectivity index (χ3n) is 3.43. The Morgan fingerprint density at radius 2 is 1.53 bits per heavy atom. The van der Waals surface area contributed by atoms with Crippen LogP contribution in [0.2, 0.25) is 0 Å². The van der Waals surface area contributed by atoms with Gasteiger partial charge >= 0.3 is 0 Å². The minimum Gasteiger partial charge on any atom is -0.271 e. The second-order valence-electron chi connectivity index (χ2n) is 4.43. The van der Waals surface area contributed by atoms with E-state index < -0.39 is 0 Å². The standard InChI is InChI=1S/C13H13N2O2/c16-12-10-3-1-2-4-11(10)13(17)15(12)9-5-7-14-8-6-9/h1-4,9H,5-8H2. The zero-order valence-electron chi connectivity index (χ0n) is 9.43. The highest BCUT2D eigenvalue weighted by atomic mass is 16.2. The molecule has 1 aromatic carbocycles. The molecule has 2 amide bonds. The van der Waals surface area contributed by atoms with Gasteiger partial charge in [0.1, 0.15) is 0 Å². The molecular formula is C13H13N2O2. The molecule has 2 aliphatic rings. The number of hydrogen-bond donors (Lipinski definition) is 0. The normalized spacial score (nSPS) is 20.8. The Morgan fingerprint density at radius 1 is 1.00 bits per heavy atom. The smallest absolute Gasteiger partial charge is 0.261 e. The minimum absolute atomic E-state index is 0.0277. The second kappa shape index (κ2) is 3.96. The van der Waals surface area contributed by atoms with Crippen molar-refractivity contribution in [3.8, 4) is 0 Å². The van der Waals surface area contributed by atoms with E-state index >= 15 is 0 Å². The first-order valence-corrected chi connectivity index (χ1v) is 5.89. The fraction of sp³-hybridized carbons (Fsp3) is 0.385. The summed E-state index contributed by atoms with van der Waals surface area (Å²) in [4.78, 5) is 25.8. The van der Waals surface area contributed by atoms with Gasteiger partial charge < -0.3 is 0 Å². The van der Waals surface area contributed by atoms with Gasteiger partial charge in [-0.3, -0.25) is 14.5 Å². The van der Waals surface area contributed by atoms with Crippen molar-refractivity contribution in [3.63, 3.8) is 0 Å². The molecule has 0 aromatic heterocycles. The number of nitrogens with zero attached hydrogens (tertiary/aromatic N) is 2. The van der Waals surface area contributed by atoms with E-state index in [0.717, 1.165) is 25.9 Å². The lowest BCUT2D eigenvalue weighted by molar-refractivity contribution is 0.0555. The molecule has 0 unspecified atom stereocenters. The third kappa shape index (κ3) is 1.56. The molecule has 0 saturated carbocycles. The molecule has 1 radical (unpaired) electrons. The summed E-state index contributed by atoms with van der Waals surface area (Å²) in [6.45, 7) is 1.50. The number of hydrogen-bond acceptors (Lipinski definition) is 2. The molecule has 4 heteroatoms. The minimum atomic E-state index is -0.141. The van der Waals surface area contributed by atoms with Crippen LogP contribution in [0.1, 0.15) is 33.6 Å². The molecule has 2 aliphatic heterocycles. The van der Waals surface area contributed by atoms with Gasteiger partial charge in [-0.15, -0.1) is 0 Å². The third-order valence-corrected chi connectivity index (χ3v) is 3.43. The summed E-state index contributed by atoms with van der Waals surface area (Å²) in [6.07, 6.45) is 1.59. The average molecular weight is 229 g/mol. The number of benzene rings is 1. The topological polar surface area (TPSA) is 51.5 Å². The highest BCUT2D eigenvalue weighted by Crippen LogP contribution is 2.27. The van der Waals surface area contributed by atoms with Crippen molar-refractivity contribution in [2.24, 2.45) is 0 Å². The van der Waals surface area contributed by atoms with E-state index in [9.17, 15) is 9.59 Å². The number of carbonyl (C=O) groups is 2. The van der Waals surface area contributed by atoms with Crippen LogP contribution in [0.5, 0.6) is 0 Å². The zero-order valence-corrected chi connectivity index (χ0v) is 9.43. The molecule has 3 rings (SSSR count). The van der Waals surface area contributed by atoms with E-state index in [2.05, 4.69) is 5.32 Å².